The molecule has 3 N–H and O–H groups in total. The maximum Gasteiger partial charge on any atom is 0.252 e. The van der Waals surface area contributed by atoms with Crippen molar-refractivity contribution in [3.8, 4) is 0 Å². The minimum atomic E-state index is -0.330. The van der Waals surface area contributed by atoms with Crippen LogP contribution >= 0.6 is 0 Å². The second-order valence-corrected chi connectivity index (χ2v) is 3.52. The van der Waals surface area contributed by atoms with E-state index in [0.29, 0.717) is 5.69 Å². The van der Waals surface area contributed by atoms with Gasteiger partial charge in [-0.25, -0.2) is 0 Å². The van der Waals surface area contributed by atoms with Crippen molar-refractivity contribution >= 4 is 11.7 Å². The number of nitrogens with zero attached hydrogens (tertiary/aromatic N) is 1. The van der Waals surface area contributed by atoms with Gasteiger partial charge in [-0.2, -0.15) is 0 Å². The van der Waals surface area contributed by atoms with Crippen molar-refractivity contribution in [1.29, 1.82) is 0 Å². The molecule has 0 saturated carbocycles. The Hall–Kier alpha value is -1.62. The van der Waals surface area contributed by atoms with Crippen molar-refractivity contribution in [3.63, 3.8) is 0 Å². The molecule has 15 heavy (non-hydrogen) atoms. The predicted octanol–water partition coefficient (Wildman–Crippen LogP) is 0.356. The first kappa shape index (κ1) is 11.5. The van der Waals surface area contributed by atoms with Crippen molar-refractivity contribution in [2.75, 3.05) is 12.0 Å². The molecule has 0 atom stereocenters. The summed E-state index contributed by atoms with van der Waals surface area (Å²) in [5.74, 6) is -0.449. The van der Waals surface area contributed by atoms with Gasteiger partial charge in [-0.3, -0.25) is 19.7 Å². The number of amides is 1. The molecule has 5 nitrogen and oxygen atoms in total. The van der Waals surface area contributed by atoms with Crippen LogP contribution in [0.2, 0.25) is 0 Å². The van der Waals surface area contributed by atoms with E-state index < -0.39 is 0 Å². The van der Waals surface area contributed by atoms with Crippen LogP contribution in [0.4, 0.5) is 0 Å². The molecule has 0 spiro atoms. The van der Waals surface area contributed by atoms with Crippen molar-refractivity contribution < 1.29 is 9.59 Å². The van der Waals surface area contributed by atoms with Crippen molar-refractivity contribution in [3.05, 3.63) is 24.0 Å². The van der Waals surface area contributed by atoms with Crippen LogP contribution in [-0.2, 0) is 4.79 Å². The highest BCUT2D eigenvalue weighted by molar-refractivity contribution is 5.97. The molecule has 1 heterocycles. The summed E-state index contributed by atoms with van der Waals surface area (Å²) in [6.07, 6.45) is 1.61. The topological polar surface area (TPSA) is 77.1 Å². The van der Waals surface area contributed by atoms with Gasteiger partial charge in [0.2, 0.25) is 0 Å². The zero-order valence-electron chi connectivity index (χ0n) is 8.86. The molecule has 1 amide bonds. The first-order valence-electron chi connectivity index (χ1n) is 4.77. The second kappa shape index (κ2) is 4.75. The highest BCUT2D eigenvalue weighted by Crippen LogP contribution is 2.08. The fourth-order valence-electron chi connectivity index (χ4n) is 1.15. The second-order valence-electron chi connectivity index (χ2n) is 3.52. The van der Waals surface area contributed by atoms with Crippen LogP contribution < -0.4 is 11.2 Å². The van der Waals surface area contributed by atoms with E-state index in [2.05, 4.69) is 5.43 Å². The zero-order valence-corrected chi connectivity index (χ0v) is 8.86. The van der Waals surface area contributed by atoms with E-state index >= 15 is 0 Å². The third-order valence-corrected chi connectivity index (χ3v) is 1.96. The maximum absolute atomic E-state index is 11.7. The SMILES string of the molecule is CC(C)C(=O)c1cccn1NC(=O)CN. The number of nitrogens with one attached hydrogen (secondary N) is 1. The van der Waals surface area contributed by atoms with Gasteiger partial charge in [-0.15, -0.1) is 0 Å². The lowest BCUT2D eigenvalue weighted by molar-refractivity contribution is -0.115. The van der Waals surface area contributed by atoms with Gasteiger partial charge in [0.05, 0.1) is 6.54 Å². The number of ketones is 1. The zero-order chi connectivity index (χ0) is 11.4. The van der Waals surface area contributed by atoms with Gasteiger partial charge < -0.3 is 5.73 Å². The van der Waals surface area contributed by atoms with Gasteiger partial charge >= 0.3 is 0 Å². The molecule has 1 aromatic rings. The molecule has 0 bridgehead atoms. The van der Waals surface area contributed by atoms with Gasteiger partial charge in [0.25, 0.3) is 5.91 Å². The summed E-state index contributed by atoms with van der Waals surface area (Å²) < 4.78 is 1.40. The summed E-state index contributed by atoms with van der Waals surface area (Å²) in [5, 5.41) is 0. The largest absolute Gasteiger partial charge is 0.322 e. The molecule has 0 radical (unpaired) electrons. The van der Waals surface area contributed by atoms with Gasteiger partial charge in [0.1, 0.15) is 5.69 Å². The number of hydrogen-bond acceptors (Lipinski definition) is 3. The van der Waals surface area contributed by atoms with Crippen LogP contribution in [-0.4, -0.2) is 22.9 Å². The van der Waals surface area contributed by atoms with Crippen LogP contribution in [0.1, 0.15) is 24.3 Å². The fraction of sp³-hybridized carbons (Fsp3) is 0.400. The molecule has 0 aromatic carbocycles. The average Bonchev–Trinajstić information content (AvgIpc) is 2.64. The number of Topliss-reactive ketones (excluding diaryl/α,β-unsaturated/α-hetero) is 1. The molecule has 0 aliphatic heterocycles. The molecule has 0 saturated heterocycles. The first-order valence-corrected chi connectivity index (χ1v) is 4.77. The molecule has 1 rings (SSSR count). The Morgan fingerprint density at radius 1 is 1.53 bits per heavy atom. The summed E-state index contributed by atoms with van der Waals surface area (Å²) in [5.41, 5.74) is 8.14. The lowest BCUT2D eigenvalue weighted by Crippen LogP contribution is -2.31. The quantitative estimate of drug-likeness (QED) is 0.703. The number of hydrogen-bond donors (Lipinski definition) is 2. The predicted molar refractivity (Wildman–Crippen MR) is 57.0 cm³/mol. The van der Waals surface area contributed by atoms with Crippen LogP contribution in [0, 0.1) is 5.92 Å². The molecule has 0 aliphatic carbocycles. The minimum absolute atomic E-state index is 0.0164. The van der Waals surface area contributed by atoms with Gasteiger partial charge in [0, 0.05) is 12.1 Å². The van der Waals surface area contributed by atoms with E-state index in [9.17, 15) is 9.59 Å². The van der Waals surface area contributed by atoms with Crippen molar-refractivity contribution in [1.82, 2.24) is 4.68 Å². The molecule has 0 aliphatic rings. The van der Waals surface area contributed by atoms with E-state index in [4.69, 9.17) is 5.73 Å². The van der Waals surface area contributed by atoms with E-state index in [1.54, 1.807) is 18.3 Å². The first-order chi connectivity index (χ1) is 7.06. The highest BCUT2D eigenvalue weighted by Gasteiger charge is 2.15. The molecule has 1 aromatic heterocycles. The fourth-order valence-corrected chi connectivity index (χ4v) is 1.15. The highest BCUT2D eigenvalue weighted by atomic mass is 16.2. The maximum atomic E-state index is 11.7. The molecule has 5 heteroatoms. The van der Waals surface area contributed by atoms with Crippen LogP contribution in [0.25, 0.3) is 0 Å². The lowest BCUT2D eigenvalue weighted by Gasteiger charge is -2.10. The summed E-state index contributed by atoms with van der Waals surface area (Å²) in [6.45, 7) is 3.52. The molecule has 82 valence electrons. The molecular weight excluding hydrogens is 194 g/mol. The van der Waals surface area contributed by atoms with Crippen LogP contribution in [0.15, 0.2) is 18.3 Å². The van der Waals surface area contributed by atoms with E-state index in [1.165, 1.54) is 4.68 Å². The van der Waals surface area contributed by atoms with Gasteiger partial charge in [-0.05, 0) is 12.1 Å². The van der Waals surface area contributed by atoms with Crippen LogP contribution in [0.5, 0.6) is 0 Å². The summed E-state index contributed by atoms with van der Waals surface area (Å²) in [6, 6.07) is 3.37. The molecular formula is C10H15N3O2. The number of carbonyl (C=O) groups is 2. The molecule has 0 unspecified atom stereocenters. The van der Waals surface area contributed by atoms with E-state index in [-0.39, 0.29) is 24.2 Å². The van der Waals surface area contributed by atoms with Gasteiger partial charge in [0.15, 0.2) is 5.78 Å². The van der Waals surface area contributed by atoms with Crippen LogP contribution in [0.3, 0.4) is 0 Å². The Morgan fingerprint density at radius 3 is 2.73 bits per heavy atom. The number of carbonyl (C=O) groups excluding carboxylic acids is 2. The Kier molecular flexibility index (Phi) is 3.62. The van der Waals surface area contributed by atoms with E-state index in [1.807, 2.05) is 13.8 Å². The Morgan fingerprint density at radius 2 is 2.20 bits per heavy atom. The Bertz CT molecular complexity index is 368. The number of aromatic nitrogens is 1. The summed E-state index contributed by atoms with van der Waals surface area (Å²) in [4.78, 5) is 22.7. The summed E-state index contributed by atoms with van der Waals surface area (Å²) >= 11 is 0. The summed E-state index contributed by atoms with van der Waals surface area (Å²) in [7, 11) is 0. The third kappa shape index (κ3) is 2.66. The monoisotopic (exact) mass is 209 g/mol. The Balaban J connectivity index is 2.87. The lowest BCUT2D eigenvalue weighted by atomic mass is 10.1. The average molecular weight is 209 g/mol. The van der Waals surface area contributed by atoms with Crippen molar-refractivity contribution in [2.24, 2.45) is 11.7 Å². The Labute approximate surface area is 88.2 Å². The van der Waals surface area contributed by atoms with E-state index in [0.717, 1.165) is 0 Å². The standard InChI is InChI=1S/C10H15N3O2/c1-7(2)10(15)8-4-3-5-13(8)12-9(14)6-11/h3-5,7H,6,11H2,1-2H3,(H,12,14). The van der Waals surface area contributed by atoms with Crippen molar-refractivity contribution in [2.45, 2.75) is 13.8 Å². The molecule has 0 fully saturated rings. The smallest absolute Gasteiger partial charge is 0.252 e. The minimum Gasteiger partial charge on any atom is -0.322 e. The third-order valence-electron chi connectivity index (χ3n) is 1.96. The van der Waals surface area contributed by atoms with Gasteiger partial charge in [-0.1, -0.05) is 13.8 Å². The normalized spacial score (nSPS) is 10.4. The number of rotatable bonds is 4. The number of nitrogens with two attached hydrogens (primary N) is 1.